The second kappa shape index (κ2) is 7.23. The Morgan fingerprint density at radius 1 is 0.875 bits per heavy atom. The third kappa shape index (κ3) is 5.60. The minimum absolute atomic E-state index is 0.0359. The van der Waals surface area contributed by atoms with Crippen LogP contribution in [0, 0.1) is 0 Å². The molecule has 0 bridgehead atoms. The van der Waals surface area contributed by atoms with E-state index in [4.69, 9.17) is 5.11 Å². The van der Waals surface area contributed by atoms with E-state index in [2.05, 4.69) is 0 Å². The van der Waals surface area contributed by atoms with Crippen LogP contribution in [0.25, 0.3) is 0 Å². The van der Waals surface area contributed by atoms with Gasteiger partial charge in [-0.05, 0) is 5.57 Å². The highest BCUT2D eigenvalue weighted by molar-refractivity contribution is 5.71. The first-order valence-electron chi connectivity index (χ1n) is 5.05. The van der Waals surface area contributed by atoms with Gasteiger partial charge in [0.15, 0.2) is 0 Å². The van der Waals surface area contributed by atoms with Crippen LogP contribution in [0.2, 0.25) is 0 Å². The highest BCUT2D eigenvalue weighted by atomic mass is 16.4. The normalized spacial score (nSPS) is 15.4. The lowest BCUT2D eigenvalue weighted by Gasteiger charge is -1.95. The summed E-state index contributed by atoms with van der Waals surface area (Å²) < 4.78 is 0. The first-order valence-corrected chi connectivity index (χ1v) is 5.05. The van der Waals surface area contributed by atoms with Gasteiger partial charge < -0.3 is 5.11 Å². The van der Waals surface area contributed by atoms with Crippen LogP contribution in [-0.4, -0.2) is 11.1 Å². The van der Waals surface area contributed by atoms with E-state index in [9.17, 15) is 4.79 Å². The summed E-state index contributed by atoms with van der Waals surface area (Å²) in [5.41, 5.74) is 0.770. The van der Waals surface area contributed by atoms with Crippen molar-refractivity contribution in [1.82, 2.24) is 0 Å². The maximum Gasteiger partial charge on any atom is 0.307 e. The summed E-state index contributed by atoms with van der Waals surface area (Å²) in [7, 11) is 0. The summed E-state index contributed by atoms with van der Waals surface area (Å²) in [5, 5.41) is 8.71. The van der Waals surface area contributed by atoms with Gasteiger partial charge in [-0.2, -0.15) is 0 Å². The molecular weight excluding hydrogens is 200 g/mol. The quantitative estimate of drug-likeness (QED) is 0.766. The average Bonchev–Trinajstić information content (AvgIpc) is 2.21. The van der Waals surface area contributed by atoms with Crippen LogP contribution >= 0.6 is 0 Å². The van der Waals surface area contributed by atoms with Crippen molar-refractivity contribution in [2.75, 3.05) is 0 Å². The Kier molecular flexibility index (Phi) is 5.42. The molecule has 0 radical (unpaired) electrons. The molecule has 0 aromatic rings. The number of allylic oxidation sites excluding steroid dienone is 11. The average molecular weight is 214 g/mol. The second-order valence-corrected chi connectivity index (χ2v) is 3.21. The van der Waals surface area contributed by atoms with Crippen LogP contribution < -0.4 is 0 Å². The van der Waals surface area contributed by atoms with Crippen LogP contribution in [0.15, 0.2) is 72.4 Å². The SMILES string of the molecule is O=C(O)CC1=CC=CC=CC=CC=CC=C1. The number of carboxylic acids is 1. The smallest absolute Gasteiger partial charge is 0.307 e. The van der Waals surface area contributed by atoms with E-state index < -0.39 is 5.97 Å². The van der Waals surface area contributed by atoms with Crippen molar-refractivity contribution in [3.63, 3.8) is 0 Å². The minimum Gasteiger partial charge on any atom is -0.481 e. The summed E-state index contributed by atoms with van der Waals surface area (Å²) in [5.74, 6) is -0.823. The lowest BCUT2D eigenvalue weighted by Crippen LogP contribution is -1.95. The van der Waals surface area contributed by atoms with Gasteiger partial charge in [-0.15, -0.1) is 0 Å². The molecule has 0 heterocycles. The Labute approximate surface area is 95.3 Å². The Hall–Kier alpha value is -2.09. The molecule has 0 saturated heterocycles. The topological polar surface area (TPSA) is 37.3 Å². The first kappa shape index (κ1) is 12.0. The maximum atomic E-state index is 10.6. The van der Waals surface area contributed by atoms with E-state index in [0.29, 0.717) is 0 Å². The van der Waals surface area contributed by atoms with Gasteiger partial charge in [-0.3, -0.25) is 4.79 Å². The molecule has 0 aliphatic heterocycles. The van der Waals surface area contributed by atoms with Crippen molar-refractivity contribution in [3.8, 4) is 0 Å². The fourth-order valence-corrected chi connectivity index (χ4v) is 1.16. The van der Waals surface area contributed by atoms with Gasteiger partial charge in [0.1, 0.15) is 0 Å². The largest absolute Gasteiger partial charge is 0.481 e. The second-order valence-electron chi connectivity index (χ2n) is 3.21. The standard InChI is InChI=1S/C14H14O2/c15-14(16)12-13-10-8-6-4-2-1-3-5-7-9-11-13/h1-11H,12H2,(H,15,16). The molecule has 0 aromatic carbocycles. The van der Waals surface area contributed by atoms with Gasteiger partial charge in [-0.1, -0.05) is 66.8 Å². The molecule has 0 unspecified atom stereocenters. The predicted octanol–water partition coefficient (Wildman–Crippen LogP) is 3.18. The maximum absolute atomic E-state index is 10.6. The zero-order valence-corrected chi connectivity index (χ0v) is 8.91. The Morgan fingerprint density at radius 2 is 1.38 bits per heavy atom. The summed E-state index contributed by atoms with van der Waals surface area (Å²) >= 11 is 0. The van der Waals surface area contributed by atoms with E-state index >= 15 is 0 Å². The van der Waals surface area contributed by atoms with Gasteiger partial charge in [-0.25, -0.2) is 0 Å². The zero-order valence-electron chi connectivity index (χ0n) is 8.91. The summed E-state index contributed by atoms with van der Waals surface area (Å²) in [6, 6.07) is 0. The Balaban J connectivity index is 2.83. The summed E-state index contributed by atoms with van der Waals surface area (Å²) in [6.45, 7) is 0. The fraction of sp³-hybridized carbons (Fsp3) is 0.0714. The molecule has 16 heavy (non-hydrogen) atoms. The summed E-state index contributed by atoms with van der Waals surface area (Å²) in [4.78, 5) is 10.6. The number of aliphatic carboxylic acids is 1. The summed E-state index contributed by atoms with van der Waals surface area (Å²) in [6.07, 6.45) is 20.6. The third-order valence-electron chi connectivity index (χ3n) is 1.86. The number of hydrogen-bond acceptors (Lipinski definition) is 1. The molecule has 2 heteroatoms. The number of carbonyl (C=O) groups is 1. The molecule has 82 valence electrons. The van der Waals surface area contributed by atoms with Crippen LogP contribution in [0.1, 0.15) is 6.42 Å². The molecule has 0 aromatic heterocycles. The lowest BCUT2D eigenvalue weighted by atomic mass is 10.1. The van der Waals surface area contributed by atoms with Crippen molar-refractivity contribution in [3.05, 3.63) is 72.4 Å². The molecular formula is C14H14O2. The van der Waals surface area contributed by atoms with Gasteiger partial charge in [0.2, 0.25) is 0 Å². The van der Waals surface area contributed by atoms with Gasteiger partial charge in [0.25, 0.3) is 0 Å². The number of carboxylic acid groups (broad SMARTS) is 1. The Morgan fingerprint density at radius 3 is 1.94 bits per heavy atom. The lowest BCUT2D eigenvalue weighted by molar-refractivity contribution is -0.136. The molecule has 0 atom stereocenters. The van der Waals surface area contributed by atoms with E-state index in [1.165, 1.54) is 0 Å². The molecule has 0 fully saturated rings. The molecule has 0 spiro atoms. The Bertz CT molecular complexity index is 404. The van der Waals surface area contributed by atoms with Crippen molar-refractivity contribution in [2.45, 2.75) is 6.42 Å². The monoisotopic (exact) mass is 214 g/mol. The van der Waals surface area contributed by atoms with Crippen LogP contribution in [0.5, 0.6) is 0 Å². The highest BCUT2D eigenvalue weighted by Gasteiger charge is 1.98. The molecule has 0 amide bonds. The number of hydrogen-bond donors (Lipinski definition) is 1. The van der Waals surface area contributed by atoms with Crippen LogP contribution in [-0.2, 0) is 4.79 Å². The van der Waals surface area contributed by atoms with Crippen molar-refractivity contribution < 1.29 is 9.90 Å². The number of rotatable bonds is 2. The van der Waals surface area contributed by atoms with E-state index in [-0.39, 0.29) is 6.42 Å². The molecule has 2 nitrogen and oxygen atoms in total. The van der Waals surface area contributed by atoms with E-state index in [0.717, 1.165) is 5.57 Å². The van der Waals surface area contributed by atoms with Crippen LogP contribution in [0.4, 0.5) is 0 Å². The van der Waals surface area contributed by atoms with Gasteiger partial charge >= 0.3 is 5.97 Å². The van der Waals surface area contributed by atoms with E-state index in [1.807, 2.05) is 54.7 Å². The van der Waals surface area contributed by atoms with Gasteiger partial charge in [0, 0.05) is 0 Å². The van der Waals surface area contributed by atoms with E-state index in [1.54, 1.807) is 12.2 Å². The molecule has 1 rings (SSSR count). The molecule has 1 N–H and O–H groups in total. The highest BCUT2D eigenvalue weighted by Crippen LogP contribution is 2.04. The van der Waals surface area contributed by atoms with Crippen molar-refractivity contribution >= 4 is 5.97 Å². The van der Waals surface area contributed by atoms with Crippen molar-refractivity contribution in [2.24, 2.45) is 0 Å². The fourth-order valence-electron chi connectivity index (χ4n) is 1.16. The zero-order chi connectivity index (χ0) is 11.6. The predicted molar refractivity (Wildman–Crippen MR) is 66.0 cm³/mol. The first-order chi connectivity index (χ1) is 7.79. The van der Waals surface area contributed by atoms with Gasteiger partial charge in [0.05, 0.1) is 6.42 Å². The minimum atomic E-state index is -0.823. The van der Waals surface area contributed by atoms with Crippen molar-refractivity contribution in [1.29, 1.82) is 0 Å². The van der Waals surface area contributed by atoms with Crippen LogP contribution in [0.3, 0.4) is 0 Å². The molecule has 1 aliphatic rings. The molecule has 0 saturated carbocycles. The molecule has 1 aliphatic carbocycles. The third-order valence-corrected chi connectivity index (χ3v) is 1.86.